The van der Waals surface area contributed by atoms with Gasteiger partial charge in [0.2, 0.25) is 0 Å². The van der Waals surface area contributed by atoms with Gasteiger partial charge in [-0.05, 0) is 29.7 Å². The molecule has 0 bridgehead atoms. The summed E-state index contributed by atoms with van der Waals surface area (Å²) >= 11 is 0. The molecule has 1 rings (SSSR count). The summed E-state index contributed by atoms with van der Waals surface area (Å²) in [6, 6.07) is 3.98. The minimum atomic E-state index is -0.739. The molecule has 0 aromatic heterocycles. The van der Waals surface area contributed by atoms with E-state index < -0.39 is 12.1 Å². The number of nitrogens with zero attached hydrogens (tertiary/aromatic N) is 2. The van der Waals surface area contributed by atoms with Gasteiger partial charge >= 0.3 is 12.1 Å². The molecular formula is C11H14N6O2. The van der Waals surface area contributed by atoms with Gasteiger partial charge in [-0.25, -0.2) is 20.4 Å². The number of benzene rings is 1. The van der Waals surface area contributed by atoms with Crippen molar-refractivity contribution < 1.29 is 9.59 Å². The second-order valence-electron chi connectivity index (χ2n) is 3.65. The largest absolute Gasteiger partial charge is 0.350 e. The first-order valence-electron chi connectivity index (χ1n) is 5.26. The number of aryl methyl sites for hydroxylation is 1. The molecule has 0 atom stereocenters. The maximum Gasteiger partial charge on any atom is 0.332 e. The molecule has 0 heterocycles. The number of hydrogen-bond acceptors (Lipinski definition) is 4. The van der Waals surface area contributed by atoms with Crippen LogP contribution in [-0.4, -0.2) is 24.5 Å². The highest BCUT2D eigenvalue weighted by atomic mass is 16.2. The zero-order chi connectivity index (χ0) is 14.3. The first-order chi connectivity index (χ1) is 8.97. The van der Waals surface area contributed by atoms with Gasteiger partial charge in [-0.1, -0.05) is 12.1 Å². The molecule has 6 N–H and O–H groups in total. The number of amides is 4. The van der Waals surface area contributed by atoms with Gasteiger partial charge in [-0.15, -0.1) is 0 Å². The molecule has 0 fully saturated rings. The van der Waals surface area contributed by atoms with Crippen LogP contribution in [-0.2, 0) is 0 Å². The fraction of sp³-hybridized carbons (Fsp3) is 0.0909. The van der Waals surface area contributed by atoms with Crippen LogP contribution in [0.4, 0.5) is 9.59 Å². The Morgan fingerprint density at radius 2 is 1.42 bits per heavy atom. The van der Waals surface area contributed by atoms with Crippen molar-refractivity contribution in [3.63, 3.8) is 0 Å². The number of hydrogen-bond donors (Lipinski definition) is 4. The molecule has 1 aromatic carbocycles. The van der Waals surface area contributed by atoms with E-state index in [1.807, 2.05) is 19.1 Å². The molecule has 8 heteroatoms. The van der Waals surface area contributed by atoms with Crippen molar-refractivity contribution in [3.05, 3.63) is 34.9 Å². The van der Waals surface area contributed by atoms with E-state index in [1.54, 1.807) is 6.07 Å². The molecule has 0 saturated heterocycles. The highest BCUT2D eigenvalue weighted by Crippen LogP contribution is 2.06. The smallest absolute Gasteiger partial charge is 0.332 e. The van der Waals surface area contributed by atoms with Gasteiger partial charge in [0.1, 0.15) is 0 Å². The predicted molar refractivity (Wildman–Crippen MR) is 71.8 cm³/mol. The average molecular weight is 262 g/mol. The first-order valence-corrected chi connectivity index (χ1v) is 5.26. The van der Waals surface area contributed by atoms with Gasteiger partial charge in [0.15, 0.2) is 0 Å². The van der Waals surface area contributed by atoms with Crippen molar-refractivity contribution in [2.24, 2.45) is 21.7 Å². The Labute approximate surface area is 109 Å². The molecule has 0 radical (unpaired) electrons. The lowest BCUT2D eigenvalue weighted by molar-refractivity contribution is 0.248. The normalized spacial score (nSPS) is 10.8. The Bertz CT molecular complexity index is 494. The van der Waals surface area contributed by atoms with Crippen LogP contribution in [0.3, 0.4) is 0 Å². The zero-order valence-corrected chi connectivity index (χ0v) is 10.3. The van der Waals surface area contributed by atoms with Crippen LogP contribution < -0.4 is 22.3 Å². The minimum absolute atomic E-state index is 0.739. The van der Waals surface area contributed by atoms with Crippen molar-refractivity contribution in [1.29, 1.82) is 0 Å². The van der Waals surface area contributed by atoms with Gasteiger partial charge in [0.05, 0.1) is 12.4 Å². The monoisotopic (exact) mass is 262 g/mol. The van der Waals surface area contributed by atoms with Crippen LogP contribution in [0.15, 0.2) is 28.4 Å². The van der Waals surface area contributed by atoms with Crippen molar-refractivity contribution in [2.45, 2.75) is 6.92 Å². The highest BCUT2D eigenvalue weighted by Gasteiger charge is 1.96. The summed E-state index contributed by atoms with van der Waals surface area (Å²) in [6.07, 6.45) is 2.88. The number of carbonyl (C=O) groups is 2. The van der Waals surface area contributed by atoms with Gasteiger partial charge in [-0.2, -0.15) is 10.2 Å². The van der Waals surface area contributed by atoms with Gasteiger partial charge in [0.25, 0.3) is 0 Å². The van der Waals surface area contributed by atoms with Crippen molar-refractivity contribution in [1.82, 2.24) is 10.9 Å². The Balaban J connectivity index is 2.81. The topological polar surface area (TPSA) is 135 Å². The molecule has 1 aromatic rings. The van der Waals surface area contributed by atoms with E-state index in [0.717, 1.165) is 16.7 Å². The summed E-state index contributed by atoms with van der Waals surface area (Å²) in [6.45, 7) is 1.89. The van der Waals surface area contributed by atoms with Gasteiger partial charge < -0.3 is 11.5 Å². The molecule has 0 unspecified atom stereocenters. The van der Waals surface area contributed by atoms with E-state index in [-0.39, 0.29) is 0 Å². The molecular weight excluding hydrogens is 248 g/mol. The van der Waals surface area contributed by atoms with Crippen molar-refractivity contribution in [2.75, 3.05) is 0 Å². The lowest BCUT2D eigenvalue weighted by Crippen LogP contribution is -2.24. The number of urea groups is 2. The summed E-state index contributed by atoms with van der Waals surface area (Å²) in [4.78, 5) is 20.9. The zero-order valence-electron chi connectivity index (χ0n) is 10.3. The number of primary amides is 2. The summed E-state index contributed by atoms with van der Waals surface area (Å²) < 4.78 is 0. The molecule has 0 saturated carbocycles. The molecule has 8 nitrogen and oxygen atoms in total. The predicted octanol–water partition coefficient (Wildman–Crippen LogP) is -0.000580. The summed E-state index contributed by atoms with van der Waals surface area (Å²) in [7, 11) is 0. The second kappa shape index (κ2) is 6.74. The molecule has 100 valence electrons. The molecule has 0 aliphatic carbocycles. The molecule has 0 spiro atoms. The Hall–Kier alpha value is -2.90. The fourth-order valence-electron chi connectivity index (χ4n) is 1.33. The Kier molecular flexibility index (Phi) is 5.03. The SMILES string of the molecule is Cc1cc(C=NNC(N)=O)cc(C=NNC(N)=O)c1. The summed E-state index contributed by atoms with van der Waals surface area (Å²) in [5, 5.41) is 7.30. The van der Waals surface area contributed by atoms with Crippen LogP contribution in [0.2, 0.25) is 0 Å². The maximum atomic E-state index is 10.5. The van der Waals surface area contributed by atoms with Crippen LogP contribution in [0.5, 0.6) is 0 Å². The van der Waals surface area contributed by atoms with Gasteiger partial charge in [0, 0.05) is 0 Å². The third-order valence-corrected chi connectivity index (χ3v) is 1.90. The van der Waals surface area contributed by atoms with Crippen LogP contribution in [0.1, 0.15) is 16.7 Å². The second-order valence-corrected chi connectivity index (χ2v) is 3.65. The minimum Gasteiger partial charge on any atom is -0.350 e. The summed E-state index contributed by atoms with van der Waals surface area (Å²) in [5.41, 5.74) is 16.4. The molecule has 0 aliphatic rings. The standard InChI is InChI=1S/C11H14N6O2/c1-7-2-8(5-14-16-10(12)18)4-9(3-7)6-15-17-11(13)19/h2-6H,1H3,(H3,12,16,18)(H3,13,17,19). The fourth-order valence-corrected chi connectivity index (χ4v) is 1.33. The van der Waals surface area contributed by atoms with E-state index in [4.69, 9.17) is 11.5 Å². The van der Waals surface area contributed by atoms with Gasteiger partial charge in [-0.3, -0.25) is 0 Å². The lowest BCUT2D eigenvalue weighted by atomic mass is 10.1. The van der Waals surface area contributed by atoms with Crippen molar-refractivity contribution >= 4 is 24.5 Å². The molecule has 19 heavy (non-hydrogen) atoms. The highest BCUT2D eigenvalue weighted by molar-refractivity contribution is 5.87. The molecule has 4 amide bonds. The third-order valence-electron chi connectivity index (χ3n) is 1.90. The van der Waals surface area contributed by atoms with Crippen LogP contribution in [0.25, 0.3) is 0 Å². The van der Waals surface area contributed by atoms with Crippen molar-refractivity contribution in [3.8, 4) is 0 Å². The van der Waals surface area contributed by atoms with Crippen LogP contribution in [0, 0.1) is 6.92 Å². The number of nitrogens with two attached hydrogens (primary N) is 2. The lowest BCUT2D eigenvalue weighted by Gasteiger charge is -2.00. The van der Waals surface area contributed by atoms with E-state index >= 15 is 0 Å². The quantitative estimate of drug-likeness (QED) is 0.449. The average Bonchev–Trinajstić information content (AvgIpc) is 2.27. The Morgan fingerprint density at radius 1 is 1.00 bits per heavy atom. The van der Waals surface area contributed by atoms with E-state index in [1.165, 1.54) is 12.4 Å². The van der Waals surface area contributed by atoms with Crippen LogP contribution >= 0.6 is 0 Å². The number of nitrogens with one attached hydrogen (secondary N) is 2. The Morgan fingerprint density at radius 3 is 1.79 bits per heavy atom. The number of hydrazone groups is 2. The maximum absolute atomic E-state index is 10.5. The summed E-state index contributed by atoms with van der Waals surface area (Å²) in [5.74, 6) is 0. The number of carbonyl (C=O) groups excluding carboxylic acids is 2. The van der Waals surface area contributed by atoms with E-state index in [2.05, 4.69) is 21.1 Å². The van der Waals surface area contributed by atoms with E-state index in [0.29, 0.717) is 0 Å². The first kappa shape index (κ1) is 14.2. The third kappa shape index (κ3) is 5.82. The van der Waals surface area contributed by atoms with E-state index in [9.17, 15) is 9.59 Å². The number of rotatable bonds is 4. The molecule has 0 aliphatic heterocycles.